The molecule has 0 aliphatic carbocycles. The first kappa shape index (κ1) is 14.0. The molecule has 1 atom stereocenters. The molecule has 21 heavy (non-hydrogen) atoms. The van der Waals surface area contributed by atoms with E-state index in [1.165, 1.54) is 0 Å². The lowest BCUT2D eigenvalue weighted by Crippen LogP contribution is -2.11. The summed E-state index contributed by atoms with van der Waals surface area (Å²) in [5.41, 5.74) is 0. The third-order valence-electron chi connectivity index (χ3n) is 3.12. The molecule has 0 aliphatic rings. The molecule has 0 saturated carbocycles. The Balaban J connectivity index is 1.77. The van der Waals surface area contributed by atoms with E-state index in [0.717, 1.165) is 22.4 Å². The van der Waals surface area contributed by atoms with Gasteiger partial charge < -0.3 is 9.30 Å². The van der Waals surface area contributed by atoms with Crippen molar-refractivity contribution < 1.29 is 4.74 Å². The molecule has 0 bridgehead atoms. The average Bonchev–Trinajstić information content (AvgIpc) is 3.20. The molecule has 1 N–H and O–H groups in total. The third-order valence-corrected chi connectivity index (χ3v) is 3.99. The Morgan fingerprint density at radius 1 is 1.48 bits per heavy atom. The predicted octanol–water partition coefficient (Wildman–Crippen LogP) is 2.88. The number of imidazole rings is 1. The number of hydrogen-bond donors (Lipinski definition) is 1. The van der Waals surface area contributed by atoms with Gasteiger partial charge in [-0.25, -0.2) is 9.97 Å². The second kappa shape index (κ2) is 6.19. The summed E-state index contributed by atoms with van der Waals surface area (Å²) in [5, 5.41) is 9.26. The van der Waals surface area contributed by atoms with Gasteiger partial charge in [0.05, 0.1) is 11.4 Å². The van der Waals surface area contributed by atoms with Crippen LogP contribution in [0.5, 0.6) is 0 Å². The molecular formula is C14H17N5OS. The molecule has 7 heteroatoms. The van der Waals surface area contributed by atoms with E-state index in [0.29, 0.717) is 13.2 Å². The van der Waals surface area contributed by atoms with Crippen LogP contribution < -0.4 is 0 Å². The van der Waals surface area contributed by atoms with Crippen molar-refractivity contribution >= 4 is 11.3 Å². The van der Waals surface area contributed by atoms with Crippen molar-refractivity contribution in [3.05, 3.63) is 41.6 Å². The molecule has 0 fully saturated rings. The standard InChI is InChI=1S/C14H17N5OS/c1-3-20-10(2)14-15-6-7-19(14)9-12-16-13(18-17-12)11-5-4-8-21-11/h4-8,10H,3,9H2,1-2H3,(H,16,17,18)/t10-/m0/s1. The van der Waals surface area contributed by atoms with Crippen LogP contribution in [0, 0.1) is 0 Å². The minimum absolute atomic E-state index is 0.0373. The molecule has 0 aromatic carbocycles. The molecule has 6 nitrogen and oxygen atoms in total. The lowest BCUT2D eigenvalue weighted by atomic mass is 10.3. The molecule has 0 radical (unpaired) electrons. The summed E-state index contributed by atoms with van der Waals surface area (Å²) in [6.45, 7) is 5.25. The van der Waals surface area contributed by atoms with Gasteiger partial charge >= 0.3 is 0 Å². The summed E-state index contributed by atoms with van der Waals surface area (Å²) in [7, 11) is 0. The smallest absolute Gasteiger partial charge is 0.191 e. The van der Waals surface area contributed by atoms with E-state index in [1.807, 2.05) is 42.1 Å². The first-order valence-electron chi connectivity index (χ1n) is 6.85. The van der Waals surface area contributed by atoms with Crippen LogP contribution >= 0.6 is 11.3 Å². The second-order valence-electron chi connectivity index (χ2n) is 4.59. The Morgan fingerprint density at radius 2 is 2.38 bits per heavy atom. The normalized spacial score (nSPS) is 12.7. The van der Waals surface area contributed by atoms with Crippen molar-refractivity contribution in [1.82, 2.24) is 24.7 Å². The SMILES string of the molecule is CCO[C@@H](C)c1nccn1Cc1nc(-c2cccs2)n[nH]1. The Morgan fingerprint density at radius 3 is 3.14 bits per heavy atom. The van der Waals surface area contributed by atoms with E-state index in [-0.39, 0.29) is 6.10 Å². The maximum Gasteiger partial charge on any atom is 0.191 e. The van der Waals surface area contributed by atoms with Gasteiger partial charge in [0.15, 0.2) is 5.82 Å². The monoisotopic (exact) mass is 303 g/mol. The molecule has 3 aromatic heterocycles. The summed E-state index contributed by atoms with van der Waals surface area (Å²) < 4.78 is 7.63. The number of nitrogens with one attached hydrogen (secondary N) is 1. The second-order valence-corrected chi connectivity index (χ2v) is 5.54. The number of ether oxygens (including phenoxy) is 1. The molecule has 0 spiro atoms. The third kappa shape index (κ3) is 3.03. The number of thiophene rings is 1. The Hall–Kier alpha value is -1.99. The van der Waals surface area contributed by atoms with Gasteiger partial charge in [0.25, 0.3) is 0 Å². The molecule has 3 aromatic rings. The zero-order valence-corrected chi connectivity index (χ0v) is 12.8. The summed E-state index contributed by atoms with van der Waals surface area (Å²) in [5.74, 6) is 2.44. The molecule has 110 valence electrons. The van der Waals surface area contributed by atoms with E-state index in [4.69, 9.17) is 4.74 Å². The van der Waals surface area contributed by atoms with Gasteiger partial charge in [0, 0.05) is 19.0 Å². The lowest BCUT2D eigenvalue weighted by molar-refractivity contribution is 0.0677. The summed E-state index contributed by atoms with van der Waals surface area (Å²) in [6, 6.07) is 4.01. The fraction of sp³-hybridized carbons (Fsp3) is 0.357. The number of hydrogen-bond acceptors (Lipinski definition) is 5. The number of aromatic nitrogens is 5. The average molecular weight is 303 g/mol. The van der Waals surface area contributed by atoms with E-state index in [2.05, 4.69) is 20.2 Å². The summed E-state index contributed by atoms with van der Waals surface area (Å²) in [4.78, 5) is 9.96. The zero-order valence-electron chi connectivity index (χ0n) is 12.0. The van der Waals surface area contributed by atoms with Gasteiger partial charge in [-0.3, -0.25) is 5.10 Å². The minimum atomic E-state index is -0.0373. The van der Waals surface area contributed by atoms with Gasteiger partial charge in [-0.15, -0.1) is 11.3 Å². The predicted molar refractivity (Wildman–Crippen MR) is 81.1 cm³/mol. The van der Waals surface area contributed by atoms with Gasteiger partial charge in [-0.2, -0.15) is 5.10 Å². The van der Waals surface area contributed by atoms with Gasteiger partial charge in [0.1, 0.15) is 17.8 Å². The highest BCUT2D eigenvalue weighted by Crippen LogP contribution is 2.21. The highest BCUT2D eigenvalue weighted by Gasteiger charge is 2.14. The van der Waals surface area contributed by atoms with Crippen molar-refractivity contribution in [2.45, 2.75) is 26.5 Å². The van der Waals surface area contributed by atoms with Crippen molar-refractivity contribution in [2.75, 3.05) is 6.61 Å². The zero-order chi connectivity index (χ0) is 14.7. The molecule has 3 rings (SSSR count). The molecule has 0 saturated heterocycles. The fourth-order valence-electron chi connectivity index (χ4n) is 2.18. The van der Waals surface area contributed by atoms with Crippen LogP contribution in [0.3, 0.4) is 0 Å². The molecule has 0 aliphatic heterocycles. The number of H-pyrrole nitrogens is 1. The van der Waals surface area contributed by atoms with E-state index in [1.54, 1.807) is 17.5 Å². The fourth-order valence-corrected chi connectivity index (χ4v) is 2.84. The quantitative estimate of drug-likeness (QED) is 0.760. The number of rotatable bonds is 6. The van der Waals surface area contributed by atoms with Crippen molar-refractivity contribution in [3.63, 3.8) is 0 Å². The molecule has 3 heterocycles. The maximum atomic E-state index is 5.60. The largest absolute Gasteiger partial charge is 0.371 e. The van der Waals surface area contributed by atoms with Gasteiger partial charge in [-0.05, 0) is 25.3 Å². The summed E-state index contributed by atoms with van der Waals surface area (Å²) in [6.07, 6.45) is 3.67. The Kier molecular flexibility index (Phi) is 4.12. The molecule has 0 amide bonds. The van der Waals surface area contributed by atoms with Gasteiger partial charge in [-0.1, -0.05) is 6.07 Å². The number of nitrogens with zero attached hydrogens (tertiary/aromatic N) is 4. The molecule has 0 unspecified atom stereocenters. The van der Waals surface area contributed by atoms with Crippen LogP contribution in [0.1, 0.15) is 31.6 Å². The van der Waals surface area contributed by atoms with E-state index < -0.39 is 0 Å². The maximum absolute atomic E-state index is 5.60. The minimum Gasteiger partial charge on any atom is -0.371 e. The van der Waals surface area contributed by atoms with Crippen LogP contribution in [0.4, 0.5) is 0 Å². The van der Waals surface area contributed by atoms with Crippen LogP contribution in [-0.2, 0) is 11.3 Å². The van der Waals surface area contributed by atoms with Crippen molar-refractivity contribution in [2.24, 2.45) is 0 Å². The first-order chi connectivity index (χ1) is 10.3. The van der Waals surface area contributed by atoms with Crippen LogP contribution in [0.2, 0.25) is 0 Å². The van der Waals surface area contributed by atoms with Gasteiger partial charge in [0.2, 0.25) is 0 Å². The highest BCUT2D eigenvalue weighted by molar-refractivity contribution is 7.13. The lowest BCUT2D eigenvalue weighted by Gasteiger charge is -2.12. The first-order valence-corrected chi connectivity index (χ1v) is 7.73. The summed E-state index contributed by atoms with van der Waals surface area (Å²) >= 11 is 1.63. The van der Waals surface area contributed by atoms with Crippen LogP contribution in [-0.4, -0.2) is 31.3 Å². The van der Waals surface area contributed by atoms with Crippen molar-refractivity contribution in [3.8, 4) is 10.7 Å². The Bertz CT molecular complexity index is 688. The molecular weight excluding hydrogens is 286 g/mol. The van der Waals surface area contributed by atoms with E-state index >= 15 is 0 Å². The van der Waals surface area contributed by atoms with Crippen LogP contribution in [0.25, 0.3) is 10.7 Å². The van der Waals surface area contributed by atoms with Crippen LogP contribution in [0.15, 0.2) is 29.9 Å². The topological polar surface area (TPSA) is 68.6 Å². The van der Waals surface area contributed by atoms with Crippen molar-refractivity contribution in [1.29, 1.82) is 0 Å². The highest BCUT2D eigenvalue weighted by atomic mass is 32.1. The number of aromatic amines is 1. The Labute approximate surface area is 126 Å². The van der Waals surface area contributed by atoms with E-state index in [9.17, 15) is 0 Å².